The van der Waals surface area contributed by atoms with Crippen LogP contribution in [0.3, 0.4) is 0 Å². The molecule has 3 heterocycles. The highest BCUT2D eigenvalue weighted by molar-refractivity contribution is 6.35. The lowest BCUT2D eigenvalue weighted by Crippen LogP contribution is -2.19. The van der Waals surface area contributed by atoms with Crippen LogP contribution in [0.2, 0.25) is 5.02 Å². The summed E-state index contributed by atoms with van der Waals surface area (Å²) in [6.07, 6.45) is 4.43. The van der Waals surface area contributed by atoms with Crippen molar-refractivity contribution >= 4 is 28.2 Å². The first-order valence-corrected chi connectivity index (χ1v) is 12.9. The summed E-state index contributed by atoms with van der Waals surface area (Å²) in [6.45, 7) is 9.36. The quantitative estimate of drug-likeness (QED) is 0.275. The number of nitrogens with zero attached hydrogens (tertiary/aromatic N) is 6. The number of fused-ring (bicyclic) bond motifs is 1. The van der Waals surface area contributed by atoms with Crippen LogP contribution in [-0.4, -0.2) is 43.2 Å². The fourth-order valence-electron chi connectivity index (χ4n) is 4.40. The fourth-order valence-corrected chi connectivity index (χ4v) is 4.69. The van der Waals surface area contributed by atoms with Gasteiger partial charge in [-0.1, -0.05) is 43.7 Å². The molecule has 0 fully saturated rings. The van der Waals surface area contributed by atoms with E-state index in [2.05, 4.69) is 52.4 Å². The molecule has 0 aliphatic carbocycles. The third kappa shape index (κ3) is 6.26. The lowest BCUT2D eigenvalue weighted by Gasteiger charge is -2.22. The van der Waals surface area contributed by atoms with Crippen molar-refractivity contribution in [3.8, 4) is 6.07 Å². The van der Waals surface area contributed by atoms with Gasteiger partial charge in [0, 0.05) is 49.1 Å². The van der Waals surface area contributed by atoms with Gasteiger partial charge in [0.25, 0.3) is 0 Å². The number of hydrogen-bond acceptors (Lipinski definition) is 7. The molecule has 38 heavy (non-hydrogen) atoms. The largest absolute Gasteiger partial charge is 0.396 e. The van der Waals surface area contributed by atoms with E-state index in [0.717, 1.165) is 16.5 Å². The molecule has 0 bridgehead atoms. The van der Waals surface area contributed by atoms with Crippen molar-refractivity contribution in [3.63, 3.8) is 0 Å². The van der Waals surface area contributed by atoms with Gasteiger partial charge in [-0.3, -0.25) is 9.67 Å². The van der Waals surface area contributed by atoms with E-state index in [1.54, 1.807) is 23.9 Å². The number of halogens is 2. The number of aliphatic hydroxyl groups excluding tert-OH is 1. The van der Waals surface area contributed by atoms with Crippen molar-refractivity contribution in [2.24, 2.45) is 5.41 Å². The van der Waals surface area contributed by atoms with Gasteiger partial charge in [-0.2, -0.15) is 9.65 Å². The summed E-state index contributed by atoms with van der Waals surface area (Å²) in [5, 5.41) is 32.2. The highest BCUT2D eigenvalue weighted by atomic mass is 35.5. The number of anilines is 1. The normalized spacial score (nSPS) is 12.5. The molecule has 1 aromatic carbocycles. The SMILES string of the molecule is Cc1nc(F)ccc1[C@H](Cc1cc(Cl)c2ncc(C#N)c(NCC(C)(C)C)c2c1)c1cn(CCCO)nn1. The van der Waals surface area contributed by atoms with Crippen molar-refractivity contribution in [1.82, 2.24) is 25.0 Å². The molecule has 4 rings (SSSR count). The van der Waals surface area contributed by atoms with E-state index in [1.165, 1.54) is 6.07 Å². The van der Waals surface area contributed by atoms with Gasteiger partial charge in [0.05, 0.1) is 27.5 Å². The summed E-state index contributed by atoms with van der Waals surface area (Å²) >= 11 is 6.72. The second-order valence-corrected chi connectivity index (χ2v) is 11.0. The van der Waals surface area contributed by atoms with Gasteiger partial charge in [-0.25, -0.2) is 4.98 Å². The van der Waals surface area contributed by atoms with Gasteiger partial charge in [0.1, 0.15) is 6.07 Å². The van der Waals surface area contributed by atoms with Crippen molar-refractivity contribution in [2.45, 2.75) is 53.0 Å². The van der Waals surface area contributed by atoms with Crippen LogP contribution in [0, 0.1) is 29.6 Å². The van der Waals surface area contributed by atoms with Gasteiger partial charge in [0.2, 0.25) is 5.95 Å². The lowest BCUT2D eigenvalue weighted by atomic mass is 9.88. The van der Waals surface area contributed by atoms with Crippen LogP contribution in [0.1, 0.15) is 61.2 Å². The summed E-state index contributed by atoms with van der Waals surface area (Å²) < 4.78 is 15.5. The number of hydrogen-bond donors (Lipinski definition) is 2. The maximum Gasteiger partial charge on any atom is 0.213 e. The molecule has 0 unspecified atom stereocenters. The average Bonchev–Trinajstić information content (AvgIpc) is 3.33. The van der Waals surface area contributed by atoms with Gasteiger partial charge in [-0.15, -0.1) is 5.10 Å². The second kappa shape index (κ2) is 11.4. The number of aromatic nitrogens is 5. The van der Waals surface area contributed by atoms with Crippen molar-refractivity contribution in [1.29, 1.82) is 5.26 Å². The maximum absolute atomic E-state index is 13.9. The van der Waals surface area contributed by atoms with Crippen LogP contribution < -0.4 is 5.32 Å². The van der Waals surface area contributed by atoms with Crippen LogP contribution in [0.5, 0.6) is 0 Å². The first-order chi connectivity index (χ1) is 18.1. The number of rotatable bonds is 9. The molecule has 0 aliphatic rings. The van der Waals surface area contributed by atoms with Gasteiger partial charge in [-0.05, 0) is 54.5 Å². The van der Waals surface area contributed by atoms with E-state index in [9.17, 15) is 14.8 Å². The third-order valence-electron chi connectivity index (χ3n) is 6.27. The van der Waals surface area contributed by atoms with Crippen molar-refractivity contribution < 1.29 is 9.50 Å². The number of aryl methyl sites for hydroxylation is 2. The first kappa shape index (κ1) is 27.4. The predicted molar refractivity (Wildman–Crippen MR) is 146 cm³/mol. The van der Waals surface area contributed by atoms with E-state index in [-0.39, 0.29) is 17.9 Å². The molecular formula is C28H31ClFN7O. The highest BCUT2D eigenvalue weighted by Crippen LogP contribution is 2.35. The molecule has 3 aromatic heterocycles. The Bertz CT molecular complexity index is 1490. The Balaban J connectivity index is 1.81. The van der Waals surface area contributed by atoms with Crippen LogP contribution >= 0.6 is 11.6 Å². The van der Waals surface area contributed by atoms with E-state index in [0.29, 0.717) is 59.1 Å². The molecule has 4 aromatic rings. The van der Waals surface area contributed by atoms with Crippen molar-refractivity contribution in [3.05, 3.63) is 75.7 Å². The summed E-state index contributed by atoms with van der Waals surface area (Å²) in [5.74, 6) is -0.826. The van der Waals surface area contributed by atoms with E-state index < -0.39 is 5.95 Å². The Hall–Kier alpha value is -3.61. The number of pyridine rings is 2. The summed E-state index contributed by atoms with van der Waals surface area (Å²) in [5.41, 5.74) is 4.72. The van der Waals surface area contributed by atoms with Gasteiger partial charge < -0.3 is 10.4 Å². The van der Waals surface area contributed by atoms with Crippen LogP contribution in [0.15, 0.2) is 36.7 Å². The molecular weight excluding hydrogens is 505 g/mol. The van der Waals surface area contributed by atoms with Crippen LogP contribution in [0.25, 0.3) is 10.9 Å². The molecule has 10 heteroatoms. The molecule has 0 saturated carbocycles. The topological polar surface area (TPSA) is 113 Å². The molecule has 8 nitrogen and oxygen atoms in total. The molecule has 0 radical (unpaired) electrons. The molecule has 198 valence electrons. The minimum atomic E-state index is -0.546. The third-order valence-corrected chi connectivity index (χ3v) is 6.56. The standard InChI is InChI=1S/C28H31ClFN7O/c1-17-20(6-7-25(30)34-17)21(24-15-37(36-35-24)8-5-9-38)10-18-11-22-26(33-16-28(2,3)4)19(13-31)14-32-27(22)23(29)12-18/h6-7,11-12,14-15,21,38H,5,8-10,16H2,1-4H3,(H,32,33)/t21-/m0/s1. The monoisotopic (exact) mass is 535 g/mol. The fraction of sp³-hybridized carbons (Fsp3) is 0.393. The predicted octanol–water partition coefficient (Wildman–Crippen LogP) is 5.41. The zero-order valence-electron chi connectivity index (χ0n) is 22.0. The zero-order chi connectivity index (χ0) is 27.4. The van der Waals surface area contributed by atoms with E-state index >= 15 is 0 Å². The molecule has 2 N–H and O–H groups in total. The highest BCUT2D eigenvalue weighted by Gasteiger charge is 2.23. The molecule has 1 atom stereocenters. The number of benzene rings is 1. The molecule has 0 amide bonds. The second-order valence-electron chi connectivity index (χ2n) is 10.6. The Kier molecular flexibility index (Phi) is 8.24. The van der Waals surface area contributed by atoms with Crippen LogP contribution in [0.4, 0.5) is 10.1 Å². The number of aliphatic hydroxyl groups is 1. The van der Waals surface area contributed by atoms with E-state index in [1.807, 2.05) is 18.3 Å². The van der Waals surface area contributed by atoms with Crippen molar-refractivity contribution in [2.75, 3.05) is 18.5 Å². The number of nitriles is 1. The maximum atomic E-state index is 13.9. The molecule has 0 saturated heterocycles. The van der Waals surface area contributed by atoms with E-state index in [4.69, 9.17) is 11.6 Å². The number of nitrogens with one attached hydrogen (secondary N) is 1. The molecule has 0 aliphatic heterocycles. The Morgan fingerprint density at radius 2 is 2.05 bits per heavy atom. The van der Waals surface area contributed by atoms with Gasteiger partial charge >= 0.3 is 0 Å². The summed E-state index contributed by atoms with van der Waals surface area (Å²) in [6, 6.07) is 9.17. The van der Waals surface area contributed by atoms with Crippen LogP contribution in [-0.2, 0) is 13.0 Å². The Morgan fingerprint density at radius 3 is 2.74 bits per heavy atom. The Labute approximate surface area is 226 Å². The lowest BCUT2D eigenvalue weighted by molar-refractivity contribution is 0.276. The molecule has 0 spiro atoms. The van der Waals surface area contributed by atoms with Gasteiger partial charge in [0.15, 0.2) is 0 Å². The zero-order valence-corrected chi connectivity index (χ0v) is 22.7. The Morgan fingerprint density at radius 1 is 1.26 bits per heavy atom. The minimum Gasteiger partial charge on any atom is -0.396 e. The summed E-state index contributed by atoms with van der Waals surface area (Å²) in [7, 11) is 0. The average molecular weight is 536 g/mol. The smallest absolute Gasteiger partial charge is 0.213 e. The first-order valence-electron chi connectivity index (χ1n) is 12.5. The minimum absolute atomic E-state index is 0.0101. The summed E-state index contributed by atoms with van der Waals surface area (Å²) in [4.78, 5) is 8.49.